The molecule has 0 heterocycles. The highest BCUT2D eigenvalue weighted by molar-refractivity contribution is 7.47. The van der Waals surface area contributed by atoms with E-state index >= 15 is 0 Å². The molecule has 4 N–H and O–H groups in total. The number of nitrogens with two attached hydrogens (primary N) is 1. The van der Waals surface area contributed by atoms with Crippen LogP contribution in [0.3, 0.4) is 0 Å². The second-order valence-corrected chi connectivity index (χ2v) is 16.1. The highest BCUT2D eigenvalue weighted by Gasteiger charge is 2.28. The summed E-state index contributed by atoms with van der Waals surface area (Å²) in [6.07, 6.45) is 35.9. The third-order valence-electron chi connectivity index (χ3n) is 9.46. The minimum Gasteiger partial charge on any atom is -0.480 e. The van der Waals surface area contributed by atoms with Gasteiger partial charge in [-0.2, -0.15) is 0 Å². The van der Waals surface area contributed by atoms with E-state index in [0.717, 1.165) is 51.4 Å². The summed E-state index contributed by atoms with van der Waals surface area (Å²) in [4.78, 5) is 45.9. The van der Waals surface area contributed by atoms with Gasteiger partial charge in [-0.1, -0.05) is 153 Å². The van der Waals surface area contributed by atoms with Crippen LogP contribution in [-0.4, -0.2) is 59.9 Å². The molecule has 12 heteroatoms. The van der Waals surface area contributed by atoms with Crippen molar-refractivity contribution < 1.29 is 47.5 Å². The highest BCUT2D eigenvalue weighted by atomic mass is 31.2. The van der Waals surface area contributed by atoms with Gasteiger partial charge in [0.05, 0.1) is 13.2 Å². The normalized spacial score (nSPS) is 13.5. The summed E-state index contributed by atoms with van der Waals surface area (Å²) in [6, 6.07) is -1.52. The van der Waals surface area contributed by atoms with E-state index in [2.05, 4.69) is 17.7 Å². The molecule has 0 fully saturated rings. The van der Waals surface area contributed by atoms with Gasteiger partial charge in [0.15, 0.2) is 6.10 Å². The summed E-state index contributed by atoms with van der Waals surface area (Å²) in [5.74, 6) is -2.38. The van der Waals surface area contributed by atoms with Crippen molar-refractivity contribution >= 4 is 25.7 Å². The van der Waals surface area contributed by atoms with Crippen LogP contribution in [0.2, 0.25) is 0 Å². The van der Waals surface area contributed by atoms with Crippen LogP contribution in [0.5, 0.6) is 0 Å². The Kier molecular flexibility index (Phi) is 36.4. The van der Waals surface area contributed by atoms with Crippen LogP contribution in [0.1, 0.15) is 193 Å². The largest absolute Gasteiger partial charge is 0.480 e. The minimum absolute atomic E-state index is 0.161. The Morgan fingerprint density at radius 2 is 0.870 bits per heavy atom. The number of phosphoric ester groups is 1. The van der Waals surface area contributed by atoms with Crippen molar-refractivity contribution in [2.24, 2.45) is 5.73 Å². The third kappa shape index (κ3) is 36.9. The van der Waals surface area contributed by atoms with Crippen molar-refractivity contribution in [1.29, 1.82) is 0 Å². The molecule has 0 aromatic carbocycles. The van der Waals surface area contributed by atoms with Crippen LogP contribution < -0.4 is 5.73 Å². The van der Waals surface area contributed by atoms with E-state index in [4.69, 9.17) is 24.8 Å². The second-order valence-electron chi connectivity index (χ2n) is 14.6. The Labute approximate surface area is 328 Å². The molecule has 0 aromatic rings. The van der Waals surface area contributed by atoms with Crippen LogP contribution >= 0.6 is 7.82 Å². The summed E-state index contributed by atoms with van der Waals surface area (Å²) in [5.41, 5.74) is 5.33. The maximum absolute atomic E-state index is 12.6. The Balaban J connectivity index is 4.32. The predicted octanol–water partition coefficient (Wildman–Crippen LogP) is 11.1. The molecular weight excluding hydrogens is 709 g/mol. The summed E-state index contributed by atoms with van der Waals surface area (Å²) in [5, 5.41) is 8.88. The van der Waals surface area contributed by atoms with Crippen molar-refractivity contribution in [2.45, 2.75) is 205 Å². The van der Waals surface area contributed by atoms with E-state index in [9.17, 15) is 23.8 Å². The van der Waals surface area contributed by atoms with Crippen LogP contribution in [0, 0.1) is 0 Å². The molecule has 0 aliphatic heterocycles. The van der Waals surface area contributed by atoms with Gasteiger partial charge in [0.25, 0.3) is 0 Å². The molecule has 0 aliphatic carbocycles. The van der Waals surface area contributed by atoms with Gasteiger partial charge in [0.2, 0.25) is 0 Å². The molecule has 3 atom stereocenters. The van der Waals surface area contributed by atoms with Crippen molar-refractivity contribution in [1.82, 2.24) is 0 Å². The number of carbonyl (C=O) groups excluding carboxylic acids is 2. The average molecular weight is 788 g/mol. The first-order chi connectivity index (χ1) is 26.1. The van der Waals surface area contributed by atoms with E-state index in [-0.39, 0.29) is 19.4 Å². The quantitative estimate of drug-likeness (QED) is 0.0233. The number of unbranched alkanes of at least 4 members (excludes halogenated alkanes) is 26. The fourth-order valence-electron chi connectivity index (χ4n) is 6.08. The Morgan fingerprint density at radius 1 is 0.537 bits per heavy atom. The number of rotatable bonds is 42. The van der Waals surface area contributed by atoms with Crippen LogP contribution in [0.25, 0.3) is 0 Å². The van der Waals surface area contributed by atoms with Crippen molar-refractivity contribution in [3.8, 4) is 0 Å². The maximum atomic E-state index is 12.6. The minimum atomic E-state index is -4.71. The summed E-state index contributed by atoms with van der Waals surface area (Å²) in [6.45, 7) is 5.85. The number of aliphatic carboxylic acids is 1. The monoisotopic (exact) mass is 788 g/mol. The maximum Gasteiger partial charge on any atom is 0.472 e. The zero-order chi connectivity index (χ0) is 40.0. The molecule has 0 saturated carbocycles. The molecule has 0 aliphatic rings. The van der Waals surface area contributed by atoms with E-state index in [1.54, 1.807) is 0 Å². The van der Waals surface area contributed by atoms with Gasteiger partial charge in [0.1, 0.15) is 12.6 Å². The number of carbonyl (C=O) groups is 3. The van der Waals surface area contributed by atoms with Gasteiger partial charge in [-0.25, -0.2) is 4.57 Å². The topological polar surface area (TPSA) is 172 Å². The fourth-order valence-corrected chi connectivity index (χ4v) is 6.86. The van der Waals surface area contributed by atoms with E-state index < -0.39 is 51.1 Å². The van der Waals surface area contributed by atoms with Gasteiger partial charge in [0, 0.05) is 12.8 Å². The number of carboxylic acid groups (broad SMARTS) is 1. The van der Waals surface area contributed by atoms with Crippen molar-refractivity contribution in [3.05, 3.63) is 25.3 Å². The second kappa shape index (κ2) is 37.9. The Morgan fingerprint density at radius 3 is 1.24 bits per heavy atom. The lowest BCUT2D eigenvalue weighted by atomic mass is 10.0. The lowest BCUT2D eigenvalue weighted by Crippen LogP contribution is -2.34. The highest BCUT2D eigenvalue weighted by Crippen LogP contribution is 2.43. The van der Waals surface area contributed by atoms with Gasteiger partial charge in [-0.15, -0.1) is 13.2 Å². The van der Waals surface area contributed by atoms with E-state index in [1.165, 1.54) is 116 Å². The molecule has 0 amide bonds. The molecule has 54 heavy (non-hydrogen) atoms. The Hall–Kier alpha value is -2.04. The summed E-state index contributed by atoms with van der Waals surface area (Å²) < 4.78 is 32.7. The molecule has 11 nitrogen and oxygen atoms in total. The van der Waals surface area contributed by atoms with Gasteiger partial charge in [-0.05, 0) is 38.5 Å². The molecule has 0 rings (SSSR count). The average Bonchev–Trinajstić information content (AvgIpc) is 3.14. The lowest BCUT2D eigenvalue weighted by Gasteiger charge is -2.20. The van der Waals surface area contributed by atoms with Crippen molar-refractivity contribution in [3.63, 3.8) is 0 Å². The lowest BCUT2D eigenvalue weighted by molar-refractivity contribution is -0.161. The standard InChI is InChI=1S/C42H78NO10P/c1-3-5-7-9-11-13-15-17-19-21-23-25-27-29-31-33-40(44)50-35-38(36-51-54(48,49)52-37-39(43)42(46)47)53-41(45)34-32-30-28-26-24-22-20-18-16-14-12-10-8-6-4-2/h3-4,38-39H,1-2,5-37,43H2,(H,46,47)(H,48,49)/t38-,39+/m1/s1. The van der Waals surface area contributed by atoms with Gasteiger partial charge >= 0.3 is 25.7 Å². The summed E-state index contributed by atoms with van der Waals surface area (Å²) in [7, 11) is -4.71. The number of hydrogen-bond acceptors (Lipinski definition) is 9. The zero-order valence-corrected chi connectivity index (χ0v) is 34.6. The Bertz CT molecular complexity index is 994. The van der Waals surface area contributed by atoms with E-state index in [1.807, 2.05) is 12.2 Å². The summed E-state index contributed by atoms with van der Waals surface area (Å²) >= 11 is 0. The van der Waals surface area contributed by atoms with E-state index in [0.29, 0.717) is 12.8 Å². The van der Waals surface area contributed by atoms with Crippen molar-refractivity contribution in [2.75, 3.05) is 19.8 Å². The smallest absolute Gasteiger partial charge is 0.472 e. The molecule has 0 aromatic heterocycles. The fraction of sp³-hybridized carbons (Fsp3) is 0.833. The van der Waals surface area contributed by atoms with Gasteiger partial charge < -0.3 is 25.2 Å². The predicted molar refractivity (Wildman–Crippen MR) is 217 cm³/mol. The molecule has 1 unspecified atom stereocenters. The number of ether oxygens (including phenoxy) is 2. The molecule has 316 valence electrons. The number of hydrogen-bond donors (Lipinski definition) is 3. The molecule has 0 spiro atoms. The number of esters is 2. The van der Waals surface area contributed by atoms with Crippen LogP contribution in [0.15, 0.2) is 25.3 Å². The molecule has 0 bridgehead atoms. The first kappa shape index (κ1) is 52.0. The molecular formula is C42H78NO10P. The number of allylic oxidation sites excluding steroid dienone is 2. The number of carboxylic acids is 1. The van der Waals surface area contributed by atoms with Crippen LogP contribution in [-0.2, 0) is 37.5 Å². The molecule has 0 radical (unpaired) electrons. The van der Waals surface area contributed by atoms with Crippen LogP contribution in [0.4, 0.5) is 0 Å². The SMILES string of the molecule is C=CCCCCCCCCCCCCCCCC(=O)OC[C@H](COP(=O)(O)OC[C@H](N)C(=O)O)OC(=O)CCCCCCCCCCCCCCCC=C. The molecule has 0 saturated heterocycles. The first-order valence-corrected chi connectivity index (χ1v) is 22.8. The third-order valence-corrected chi connectivity index (χ3v) is 10.4. The zero-order valence-electron chi connectivity index (χ0n) is 33.7. The number of phosphoric acid groups is 1. The first-order valence-electron chi connectivity index (χ1n) is 21.3. The van der Waals surface area contributed by atoms with Gasteiger partial charge in [-0.3, -0.25) is 23.4 Å².